The van der Waals surface area contributed by atoms with Crippen LogP contribution in [0.2, 0.25) is 5.02 Å². The quantitative estimate of drug-likeness (QED) is 0.847. The van der Waals surface area contributed by atoms with Crippen molar-refractivity contribution in [3.8, 4) is 0 Å². The summed E-state index contributed by atoms with van der Waals surface area (Å²) in [6.07, 6.45) is 0. The zero-order chi connectivity index (χ0) is 15.8. The fourth-order valence-corrected chi connectivity index (χ4v) is 2.88. The molecule has 2 aromatic rings. The highest BCUT2D eigenvalue weighted by Gasteiger charge is 2.19. The Morgan fingerprint density at radius 3 is 2.38 bits per heavy atom. The Bertz CT molecular complexity index is 787. The second-order valence-corrected chi connectivity index (χ2v) is 6.47. The number of rotatable bonds is 3. The maximum absolute atomic E-state index is 13.6. The zero-order valence-electron chi connectivity index (χ0n) is 10.8. The van der Waals surface area contributed by atoms with E-state index < -0.39 is 26.6 Å². The van der Waals surface area contributed by atoms with Gasteiger partial charge in [-0.25, -0.2) is 17.2 Å². The molecule has 0 saturated carbocycles. The van der Waals surface area contributed by atoms with Crippen molar-refractivity contribution in [3.63, 3.8) is 0 Å². The van der Waals surface area contributed by atoms with Crippen molar-refractivity contribution in [1.82, 2.24) is 0 Å². The number of anilines is 2. The summed E-state index contributed by atoms with van der Waals surface area (Å²) in [5, 5.41) is 0.126. The van der Waals surface area contributed by atoms with Crippen LogP contribution in [0.3, 0.4) is 0 Å². The predicted octanol–water partition coefficient (Wildman–Crippen LogP) is 3.31. The van der Waals surface area contributed by atoms with Gasteiger partial charge in [0.05, 0.1) is 10.6 Å². The highest BCUT2D eigenvalue weighted by atomic mass is 35.5. The monoisotopic (exact) mass is 332 g/mol. The fraction of sp³-hybridized carbons (Fsp3) is 0.0769. The van der Waals surface area contributed by atoms with Crippen molar-refractivity contribution in [2.45, 2.75) is 11.8 Å². The Labute approximate surface area is 125 Å². The molecule has 0 fully saturated rings. The lowest BCUT2D eigenvalue weighted by Crippen LogP contribution is -2.15. The van der Waals surface area contributed by atoms with Gasteiger partial charge in [0.1, 0.15) is 11.6 Å². The number of halogens is 3. The molecule has 0 aliphatic heterocycles. The minimum absolute atomic E-state index is 0.00745. The second-order valence-electron chi connectivity index (χ2n) is 4.35. The first-order chi connectivity index (χ1) is 9.70. The first kappa shape index (κ1) is 15.5. The van der Waals surface area contributed by atoms with E-state index in [0.717, 1.165) is 18.2 Å². The molecule has 8 heteroatoms. The molecule has 0 radical (unpaired) electrons. The summed E-state index contributed by atoms with van der Waals surface area (Å²) >= 11 is 5.58. The van der Waals surface area contributed by atoms with Crippen LogP contribution in [0, 0.1) is 18.6 Å². The van der Waals surface area contributed by atoms with E-state index in [1.165, 1.54) is 19.1 Å². The lowest BCUT2D eigenvalue weighted by atomic mass is 10.2. The molecule has 0 aromatic heterocycles. The number of sulfonamides is 1. The van der Waals surface area contributed by atoms with Gasteiger partial charge in [-0.2, -0.15) is 0 Å². The van der Waals surface area contributed by atoms with Gasteiger partial charge in [-0.15, -0.1) is 0 Å². The van der Waals surface area contributed by atoms with Crippen LogP contribution in [0.4, 0.5) is 20.2 Å². The van der Waals surface area contributed by atoms with Crippen LogP contribution in [0.5, 0.6) is 0 Å². The Morgan fingerprint density at radius 2 is 1.81 bits per heavy atom. The Morgan fingerprint density at radius 1 is 1.14 bits per heavy atom. The molecule has 4 nitrogen and oxygen atoms in total. The van der Waals surface area contributed by atoms with E-state index in [-0.39, 0.29) is 22.0 Å². The minimum Gasteiger partial charge on any atom is -0.398 e. The lowest BCUT2D eigenvalue weighted by Gasteiger charge is -2.11. The van der Waals surface area contributed by atoms with E-state index in [4.69, 9.17) is 17.3 Å². The molecule has 3 N–H and O–H groups in total. The first-order valence-electron chi connectivity index (χ1n) is 5.74. The van der Waals surface area contributed by atoms with Gasteiger partial charge in [-0.3, -0.25) is 4.72 Å². The molecule has 0 spiro atoms. The summed E-state index contributed by atoms with van der Waals surface area (Å²) in [5.74, 6) is -1.60. The van der Waals surface area contributed by atoms with Crippen LogP contribution in [-0.4, -0.2) is 8.42 Å². The predicted molar refractivity (Wildman–Crippen MR) is 77.8 cm³/mol. The van der Waals surface area contributed by atoms with E-state index in [1.54, 1.807) is 0 Å². The van der Waals surface area contributed by atoms with Gasteiger partial charge in [-0.05, 0) is 37.3 Å². The smallest absolute Gasteiger partial charge is 0.262 e. The summed E-state index contributed by atoms with van der Waals surface area (Å²) in [6.45, 7) is 1.42. The summed E-state index contributed by atoms with van der Waals surface area (Å²) in [6, 6.07) is 5.38. The van der Waals surface area contributed by atoms with Crippen LogP contribution in [-0.2, 0) is 10.0 Å². The minimum atomic E-state index is -4.16. The molecule has 0 saturated heterocycles. The van der Waals surface area contributed by atoms with Gasteiger partial charge in [0.15, 0.2) is 0 Å². The molecule has 2 rings (SSSR count). The van der Waals surface area contributed by atoms with Gasteiger partial charge >= 0.3 is 0 Å². The number of nitrogens with one attached hydrogen (secondary N) is 1. The van der Waals surface area contributed by atoms with Crippen molar-refractivity contribution in [2.75, 3.05) is 10.5 Å². The van der Waals surface area contributed by atoms with Crippen molar-refractivity contribution >= 4 is 33.0 Å². The average Bonchev–Trinajstić information content (AvgIpc) is 2.38. The number of benzene rings is 2. The van der Waals surface area contributed by atoms with Crippen molar-refractivity contribution in [3.05, 3.63) is 52.6 Å². The maximum atomic E-state index is 13.6. The Hall–Kier alpha value is -1.86. The van der Waals surface area contributed by atoms with Crippen molar-refractivity contribution < 1.29 is 17.2 Å². The molecule has 0 amide bonds. The van der Waals surface area contributed by atoms with Crippen molar-refractivity contribution in [1.29, 1.82) is 0 Å². The first-order valence-corrected chi connectivity index (χ1v) is 7.60. The molecule has 0 aliphatic carbocycles. The molecule has 0 heterocycles. The summed E-state index contributed by atoms with van der Waals surface area (Å²) in [4.78, 5) is -0.391. The van der Waals surface area contributed by atoms with E-state index >= 15 is 0 Å². The fourth-order valence-electron chi connectivity index (χ4n) is 1.61. The standard InChI is InChI=1S/C13H11ClF2N2O2S/c1-7-10(15)5-9(6-12(7)17)21(19,20)18-13-3-2-8(14)4-11(13)16/h2-6,18H,17H2,1H3. The maximum Gasteiger partial charge on any atom is 0.262 e. The normalized spacial score (nSPS) is 11.4. The average molecular weight is 333 g/mol. The molecule has 0 atom stereocenters. The highest BCUT2D eigenvalue weighted by molar-refractivity contribution is 7.92. The third-order valence-electron chi connectivity index (χ3n) is 2.84. The number of hydrogen-bond acceptors (Lipinski definition) is 3. The summed E-state index contributed by atoms with van der Waals surface area (Å²) in [7, 11) is -4.16. The molecule has 0 bridgehead atoms. The van der Waals surface area contributed by atoms with Gasteiger partial charge in [-0.1, -0.05) is 11.6 Å². The van der Waals surface area contributed by atoms with E-state index in [2.05, 4.69) is 0 Å². The SMILES string of the molecule is Cc1c(N)cc(S(=O)(=O)Nc2ccc(Cl)cc2F)cc1F. The van der Waals surface area contributed by atoms with E-state index in [9.17, 15) is 17.2 Å². The third kappa shape index (κ3) is 3.25. The topological polar surface area (TPSA) is 72.2 Å². The van der Waals surface area contributed by atoms with Gasteiger partial charge in [0.2, 0.25) is 0 Å². The van der Waals surface area contributed by atoms with Gasteiger partial charge in [0, 0.05) is 16.3 Å². The van der Waals surface area contributed by atoms with Crippen LogP contribution in [0.25, 0.3) is 0 Å². The summed E-state index contributed by atoms with van der Waals surface area (Å²) < 4.78 is 53.4. The number of nitrogens with two attached hydrogens (primary N) is 1. The van der Waals surface area contributed by atoms with Crippen LogP contribution < -0.4 is 10.5 Å². The van der Waals surface area contributed by atoms with E-state index in [1.807, 2.05) is 4.72 Å². The number of nitrogen functional groups attached to an aromatic ring is 1. The third-order valence-corrected chi connectivity index (χ3v) is 4.42. The molecule has 2 aromatic carbocycles. The molecule has 112 valence electrons. The van der Waals surface area contributed by atoms with Crippen LogP contribution in [0.15, 0.2) is 35.2 Å². The molecule has 0 unspecified atom stereocenters. The molecular weight excluding hydrogens is 322 g/mol. The second kappa shape index (κ2) is 5.50. The lowest BCUT2D eigenvalue weighted by molar-refractivity contribution is 0.592. The molecule has 21 heavy (non-hydrogen) atoms. The van der Waals surface area contributed by atoms with Crippen molar-refractivity contribution in [2.24, 2.45) is 0 Å². The Kier molecular flexibility index (Phi) is 4.06. The molecular formula is C13H11ClF2N2O2S. The van der Waals surface area contributed by atoms with Crippen LogP contribution in [0.1, 0.15) is 5.56 Å². The highest BCUT2D eigenvalue weighted by Crippen LogP contribution is 2.25. The zero-order valence-corrected chi connectivity index (χ0v) is 12.4. The largest absolute Gasteiger partial charge is 0.398 e. The molecule has 0 aliphatic rings. The Balaban J connectivity index is 2.43. The summed E-state index contributed by atoms with van der Waals surface area (Å²) in [5.41, 5.74) is 5.38. The van der Waals surface area contributed by atoms with Crippen LogP contribution >= 0.6 is 11.6 Å². The van der Waals surface area contributed by atoms with E-state index in [0.29, 0.717) is 0 Å². The van der Waals surface area contributed by atoms with Gasteiger partial charge < -0.3 is 5.73 Å². The van der Waals surface area contributed by atoms with Gasteiger partial charge in [0.25, 0.3) is 10.0 Å². The number of hydrogen-bond donors (Lipinski definition) is 2.